The van der Waals surface area contributed by atoms with Crippen LogP contribution in [-0.4, -0.2) is 19.0 Å². The smallest absolute Gasteiger partial charge is 0.280 e. The minimum atomic E-state index is -0.555. The van der Waals surface area contributed by atoms with Crippen LogP contribution in [-0.2, 0) is 10.3 Å². The van der Waals surface area contributed by atoms with Crippen molar-refractivity contribution in [3.05, 3.63) is 59.2 Å². The van der Waals surface area contributed by atoms with Crippen LogP contribution in [0.4, 0.5) is 0 Å². The Balaban J connectivity index is 0.00000208. The van der Waals surface area contributed by atoms with E-state index in [1.807, 2.05) is 24.3 Å². The first kappa shape index (κ1) is 18.0. The molecule has 1 aliphatic carbocycles. The van der Waals surface area contributed by atoms with Crippen molar-refractivity contribution < 1.29 is 9.53 Å². The molecule has 1 amide bonds. The summed E-state index contributed by atoms with van der Waals surface area (Å²) >= 11 is 0. The van der Waals surface area contributed by atoms with Crippen LogP contribution in [0.25, 0.3) is 11.1 Å². The van der Waals surface area contributed by atoms with E-state index >= 15 is 0 Å². The number of hydrogen-bond donors (Lipinski definition) is 2. The van der Waals surface area contributed by atoms with Crippen molar-refractivity contribution >= 4 is 24.3 Å². The maximum atomic E-state index is 12.1. The number of rotatable bonds is 3. The predicted octanol–water partition coefficient (Wildman–Crippen LogP) is 2.80. The summed E-state index contributed by atoms with van der Waals surface area (Å²) in [5.41, 5.74) is 14.8. The lowest BCUT2D eigenvalue weighted by Crippen LogP contribution is -2.27. The van der Waals surface area contributed by atoms with Gasteiger partial charge in [-0.2, -0.15) is 4.99 Å². The van der Waals surface area contributed by atoms with Gasteiger partial charge in [0.05, 0.1) is 0 Å². The molecule has 0 aromatic heterocycles. The fourth-order valence-electron chi connectivity index (χ4n) is 3.39. The number of carbonyl (C=O) groups excluding carboxylic acids is 1. The number of nitrogens with zero attached hydrogens (tertiary/aromatic N) is 1. The molecule has 1 aliphatic rings. The number of nitrogens with two attached hydrogens (primary N) is 2. The quantitative estimate of drug-likeness (QED) is 0.661. The predicted molar refractivity (Wildman–Crippen MR) is 97.3 cm³/mol. The Morgan fingerprint density at radius 3 is 2.42 bits per heavy atom. The van der Waals surface area contributed by atoms with Gasteiger partial charge in [-0.3, -0.25) is 4.79 Å². The molecule has 2 aromatic carbocycles. The maximum Gasteiger partial charge on any atom is 0.280 e. The van der Waals surface area contributed by atoms with Crippen LogP contribution in [0.3, 0.4) is 0 Å². The van der Waals surface area contributed by atoms with E-state index in [1.54, 1.807) is 13.2 Å². The molecule has 3 rings (SSSR count). The van der Waals surface area contributed by atoms with Gasteiger partial charge in [0.25, 0.3) is 5.91 Å². The molecule has 0 heterocycles. The molecule has 0 aliphatic heterocycles. The number of hydrogen-bond acceptors (Lipinski definition) is 2. The number of halogens is 1. The highest BCUT2D eigenvalue weighted by atomic mass is 35.5. The van der Waals surface area contributed by atoms with Crippen molar-refractivity contribution in [1.29, 1.82) is 0 Å². The first-order chi connectivity index (χ1) is 11.0. The molecule has 0 bridgehead atoms. The summed E-state index contributed by atoms with van der Waals surface area (Å²) in [6.45, 7) is 2.07. The molecule has 0 spiro atoms. The number of aliphatic imine (C=N–C) groups is 1. The summed E-state index contributed by atoms with van der Waals surface area (Å²) in [6, 6.07) is 13.6. The highest BCUT2D eigenvalue weighted by Gasteiger charge is 2.42. The molecular formula is C18H20ClN3O2. The second-order valence-corrected chi connectivity index (χ2v) is 5.53. The molecule has 0 fully saturated rings. The van der Waals surface area contributed by atoms with Crippen molar-refractivity contribution in [3.8, 4) is 11.1 Å². The SMILES string of the molecule is CCC1(OC)c2ccccc2-c2ccc(C(=O)N=C(N)N)cc21.Cl. The molecule has 5 nitrogen and oxygen atoms in total. The molecule has 0 saturated heterocycles. The third-order valence-electron chi connectivity index (χ3n) is 4.43. The van der Waals surface area contributed by atoms with E-state index in [0.717, 1.165) is 28.7 Å². The molecule has 24 heavy (non-hydrogen) atoms. The van der Waals surface area contributed by atoms with Crippen LogP contribution in [0.2, 0.25) is 0 Å². The number of fused-ring (bicyclic) bond motifs is 3. The van der Waals surface area contributed by atoms with Crippen molar-refractivity contribution in [1.82, 2.24) is 0 Å². The van der Waals surface area contributed by atoms with Crippen molar-refractivity contribution in [2.45, 2.75) is 18.9 Å². The number of amides is 1. The lowest BCUT2D eigenvalue weighted by atomic mass is 9.88. The molecule has 2 aromatic rings. The minimum absolute atomic E-state index is 0. The van der Waals surface area contributed by atoms with Gasteiger partial charge in [0.1, 0.15) is 5.60 Å². The summed E-state index contributed by atoms with van der Waals surface area (Å²) in [7, 11) is 1.69. The molecule has 1 unspecified atom stereocenters. The Morgan fingerprint density at radius 2 is 1.79 bits per heavy atom. The Bertz CT molecular complexity index is 810. The topological polar surface area (TPSA) is 90.7 Å². The molecule has 6 heteroatoms. The number of methoxy groups -OCH3 is 1. The summed E-state index contributed by atoms with van der Waals surface area (Å²) in [5, 5.41) is 0. The molecule has 1 atom stereocenters. The summed E-state index contributed by atoms with van der Waals surface area (Å²) in [4.78, 5) is 15.7. The average molecular weight is 346 g/mol. The van der Waals surface area contributed by atoms with E-state index in [-0.39, 0.29) is 18.4 Å². The fourth-order valence-corrected chi connectivity index (χ4v) is 3.39. The Morgan fingerprint density at radius 1 is 1.12 bits per heavy atom. The Labute approximate surface area is 147 Å². The lowest BCUT2D eigenvalue weighted by molar-refractivity contribution is 0.0225. The number of benzene rings is 2. The summed E-state index contributed by atoms with van der Waals surface area (Å²) < 4.78 is 5.92. The molecule has 0 saturated carbocycles. The summed E-state index contributed by atoms with van der Waals surface area (Å²) in [6.07, 6.45) is 0.757. The normalized spacial score (nSPS) is 17.4. The van der Waals surface area contributed by atoms with Crippen LogP contribution in [0.1, 0.15) is 34.8 Å². The second kappa shape index (κ2) is 6.63. The van der Waals surface area contributed by atoms with Crippen LogP contribution < -0.4 is 11.5 Å². The fraction of sp³-hybridized carbons (Fsp3) is 0.222. The Hall–Kier alpha value is -2.37. The van der Waals surface area contributed by atoms with Gasteiger partial charge in [-0.15, -0.1) is 12.4 Å². The monoisotopic (exact) mass is 345 g/mol. The Kier molecular flexibility index (Phi) is 4.96. The minimum Gasteiger partial charge on any atom is -0.370 e. The first-order valence-corrected chi connectivity index (χ1v) is 7.47. The maximum absolute atomic E-state index is 12.1. The van der Waals surface area contributed by atoms with E-state index in [4.69, 9.17) is 16.2 Å². The summed E-state index contributed by atoms with van der Waals surface area (Å²) in [5.74, 6) is -0.697. The number of guanidine groups is 1. The molecule has 0 radical (unpaired) electrons. The highest BCUT2D eigenvalue weighted by molar-refractivity contribution is 6.02. The molecular weight excluding hydrogens is 326 g/mol. The lowest BCUT2D eigenvalue weighted by Gasteiger charge is -2.29. The average Bonchev–Trinajstić information content (AvgIpc) is 2.84. The molecule has 4 N–H and O–H groups in total. The highest BCUT2D eigenvalue weighted by Crippen LogP contribution is 2.51. The van der Waals surface area contributed by atoms with Crippen LogP contribution in [0.5, 0.6) is 0 Å². The standard InChI is InChI=1S/C18H19N3O2.ClH/c1-3-18(23-2)14-7-5-4-6-12(14)13-9-8-11(10-15(13)18)16(22)21-17(19)20;/h4-10H,3H2,1-2H3,(H4,19,20,21,22);1H. The molecule has 126 valence electrons. The van der Waals surface area contributed by atoms with E-state index < -0.39 is 11.5 Å². The number of ether oxygens (including phenoxy) is 1. The van der Waals surface area contributed by atoms with E-state index in [2.05, 4.69) is 24.0 Å². The third kappa shape index (κ3) is 2.56. The van der Waals surface area contributed by atoms with Crippen LogP contribution in [0.15, 0.2) is 47.5 Å². The van der Waals surface area contributed by atoms with Crippen molar-refractivity contribution in [2.24, 2.45) is 16.5 Å². The van der Waals surface area contributed by atoms with Gasteiger partial charge in [-0.1, -0.05) is 37.3 Å². The van der Waals surface area contributed by atoms with Gasteiger partial charge in [0.15, 0.2) is 5.96 Å². The van der Waals surface area contributed by atoms with Crippen molar-refractivity contribution in [3.63, 3.8) is 0 Å². The zero-order valence-electron chi connectivity index (χ0n) is 13.6. The van der Waals surface area contributed by atoms with E-state index in [1.165, 1.54) is 0 Å². The second-order valence-electron chi connectivity index (χ2n) is 5.53. The van der Waals surface area contributed by atoms with Gasteiger partial charge < -0.3 is 16.2 Å². The van der Waals surface area contributed by atoms with E-state index in [0.29, 0.717) is 5.56 Å². The van der Waals surface area contributed by atoms with Crippen LogP contribution in [0, 0.1) is 0 Å². The van der Waals surface area contributed by atoms with Gasteiger partial charge in [-0.25, -0.2) is 0 Å². The van der Waals surface area contributed by atoms with Gasteiger partial charge in [0.2, 0.25) is 0 Å². The third-order valence-corrected chi connectivity index (χ3v) is 4.43. The van der Waals surface area contributed by atoms with Crippen molar-refractivity contribution in [2.75, 3.05) is 7.11 Å². The zero-order valence-corrected chi connectivity index (χ0v) is 14.4. The largest absolute Gasteiger partial charge is 0.370 e. The van der Waals surface area contributed by atoms with E-state index in [9.17, 15) is 4.79 Å². The first-order valence-electron chi connectivity index (χ1n) is 7.47. The number of carbonyl (C=O) groups is 1. The van der Waals surface area contributed by atoms with Gasteiger partial charge >= 0.3 is 0 Å². The van der Waals surface area contributed by atoms with Gasteiger partial charge in [0, 0.05) is 12.7 Å². The van der Waals surface area contributed by atoms with Crippen LogP contribution >= 0.6 is 12.4 Å². The zero-order chi connectivity index (χ0) is 16.6. The van der Waals surface area contributed by atoms with Gasteiger partial charge in [-0.05, 0) is 40.8 Å².